The van der Waals surface area contributed by atoms with Crippen LogP contribution in [0.2, 0.25) is 0 Å². The van der Waals surface area contributed by atoms with Crippen molar-refractivity contribution in [2.75, 3.05) is 6.54 Å². The van der Waals surface area contributed by atoms with Crippen LogP contribution in [-0.4, -0.2) is 18.4 Å². The highest BCUT2D eigenvalue weighted by Crippen LogP contribution is 1.99. The van der Waals surface area contributed by atoms with Gasteiger partial charge in [-0.1, -0.05) is 13.2 Å². The molecule has 0 rings (SSSR count). The molecule has 4 nitrogen and oxygen atoms in total. The van der Waals surface area contributed by atoms with E-state index >= 15 is 0 Å². The second-order valence-corrected chi connectivity index (χ2v) is 2.57. The molecule has 0 radical (unpaired) electrons. The number of amides is 2. The lowest BCUT2D eigenvalue weighted by molar-refractivity contribution is -0.116. The third-order valence-electron chi connectivity index (χ3n) is 1.49. The summed E-state index contributed by atoms with van der Waals surface area (Å²) in [6.45, 7) is 7.28. The van der Waals surface area contributed by atoms with E-state index in [4.69, 9.17) is 5.73 Å². The molecule has 0 saturated heterocycles. The van der Waals surface area contributed by atoms with E-state index in [9.17, 15) is 9.59 Å². The monoisotopic (exact) mass is 182 g/mol. The van der Waals surface area contributed by atoms with Crippen molar-refractivity contribution in [1.82, 2.24) is 5.32 Å². The average molecular weight is 182 g/mol. The Morgan fingerprint density at radius 2 is 2.08 bits per heavy atom. The fraction of sp³-hybridized carbons (Fsp3) is 0.333. The normalized spacial score (nSPS) is 8.92. The molecule has 0 aliphatic carbocycles. The van der Waals surface area contributed by atoms with Crippen molar-refractivity contribution < 1.29 is 9.59 Å². The van der Waals surface area contributed by atoms with Gasteiger partial charge in [-0.2, -0.15) is 0 Å². The maximum absolute atomic E-state index is 10.6. The Kier molecular flexibility index (Phi) is 5.27. The molecular weight excluding hydrogens is 168 g/mol. The molecule has 0 aromatic rings. The van der Waals surface area contributed by atoms with Crippen LogP contribution in [0.25, 0.3) is 0 Å². The van der Waals surface area contributed by atoms with E-state index < -0.39 is 5.91 Å². The second kappa shape index (κ2) is 5.99. The molecule has 0 atom stereocenters. The van der Waals surface area contributed by atoms with Gasteiger partial charge in [-0.25, -0.2) is 0 Å². The van der Waals surface area contributed by atoms with Crippen LogP contribution in [-0.2, 0) is 9.59 Å². The fourth-order valence-electron chi connectivity index (χ4n) is 0.709. The maximum atomic E-state index is 10.6. The van der Waals surface area contributed by atoms with E-state index in [2.05, 4.69) is 18.5 Å². The van der Waals surface area contributed by atoms with Gasteiger partial charge in [0, 0.05) is 12.1 Å². The summed E-state index contributed by atoms with van der Waals surface area (Å²) in [6, 6.07) is 0. The predicted molar refractivity (Wildman–Crippen MR) is 50.8 cm³/mol. The predicted octanol–water partition coefficient (Wildman–Crippen LogP) is 0.110. The highest BCUT2D eigenvalue weighted by Gasteiger charge is 2.00. The summed E-state index contributed by atoms with van der Waals surface area (Å²) in [4.78, 5) is 21.1. The summed E-state index contributed by atoms with van der Waals surface area (Å²) in [5.74, 6) is -0.709. The standard InChI is InChI=1S/C9H14N2O2/c1-3-8(12)11-6-4-5-7(2)9(10)13/h3H,1-2,4-6H2,(H2,10,13)(H,11,12). The Morgan fingerprint density at radius 1 is 1.46 bits per heavy atom. The molecule has 3 N–H and O–H groups in total. The Balaban J connectivity index is 3.46. The van der Waals surface area contributed by atoms with Gasteiger partial charge in [0.15, 0.2) is 0 Å². The molecule has 0 aliphatic rings. The number of carbonyl (C=O) groups is 2. The number of rotatable bonds is 6. The van der Waals surface area contributed by atoms with Crippen LogP contribution in [0.4, 0.5) is 0 Å². The van der Waals surface area contributed by atoms with Crippen LogP contribution in [0.3, 0.4) is 0 Å². The minimum atomic E-state index is -0.491. The van der Waals surface area contributed by atoms with Crippen LogP contribution in [0.15, 0.2) is 24.8 Å². The summed E-state index contributed by atoms with van der Waals surface area (Å²) >= 11 is 0. The molecular formula is C9H14N2O2. The van der Waals surface area contributed by atoms with Crippen LogP contribution in [0.5, 0.6) is 0 Å². The third kappa shape index (κ3) is 5.66. The Labute approximate surface area is 77.5 Å². The van der Waals surface area contributed by atoms with E-state index in [0.29, 0.717) is 25.0 Å². The zero-order chi connectivity index (χ0) is 10.3. The van der Waals surface area contributed by atoms with E-state index in [1.807, 2.05) is 0 Å². The molecule has 0 aliphatic heterocycles. The van der Waals surface area contributed by atoms with Gasteiger partial charge < -0.3 is 11.1 Å². The first-order valence-corrected chi connectivity index (χ1v) is 3.95. The number of primary amides is 1. The average Bonchev–Trinajstić information content (AvgIpc) is 2.11. The molecule has 0 aromatic carbocycles. The van der Waals surface area contributed by atoms with E-state index in [1.165, 1.54) is 6.08 Å². The highest BCUT2D eigenvalue weighted by atomic mass is 16.1. The van der Waals surface area contributed by atoms with Crippen molar-refractivity contribution >= 4 is 11.8 Å². The van der Waals surface area contributed by atoms with Crippen LogP contribution in [0.1, 0.15) is 12.8 Å². The minimum absolute atomic E-state index is 0.218. The van der Waals surface area contributed by atoms with Crippen LogP contribution in [0, 0.1) is 0 Å². The van der Waals surface area contributed by atoms with Crippen molar-refractivity contribution in [3.63, 3.8) is 0 Å². The molecule has 4 heteroatoms. The molecule has 0 unspecified atom stereocenters. The Hall–Kier alpha value is -1.58. The minimum Gasteiger partial charge on any atom is -0.366 e. The van der Waals surface area contributed by atoms with Gasteiger partial charge in [0.2, 0.25) is 11.8 Å². The van der Waals surface area contributed by atoms with Crippen molar-refractivity contribution in [1.29, 1.82) is 0 Å². The lowest BCUT2D eigenvalue weighted by Crippen LogP contribution is -2.22. The molecule has 0 spiro atoms. The maximum Gasteiger partial charge on any atom is 0.244 e. The molecule has 2 amide bonds. The molecule has 0 heterocycles. The van der Waals surface area contributed by atoms with E-state index in [-0.39, 0.29) is 5.91 Å². The number of nitrogens with one attached hydrogen (secondary N) is 1. The lowest BCUT2D eigenvalue weighted by Gasteiger charge is -2.02. The van der Waals surface area contributed by atoms with E-state index in [1.54, 1.807) is 0 Å². The van der Waals surface area contributed by atoms with Gasteiger partial charge in [-0.15, -0.1) is 0 Å². The summed E-state index contributed by atoms with van der Waals surface area (Å²) in [7, 11) is 0. The number of nitrogens with two attached hydrogens (primary N) is 1. The lowest BCUT2D eigenvalue weighted by atomic mass is 10.1. The van der Waals surface area contributed by atoms with Crippen LogP contribution >= 0.6 is 0 Å². The third-order valence-corrected chi connectivity index (χ3v) is 1.49. The molecule has 13 heavy (non-hydrogen) atoms. The first-order valence-electron chi connectivity index (χ1n) is 3.95. The van der Waals surface area contributed by atoms with Crippen molar-refractivity contribution in [3.05, 3.63) is 24.8 Å². The Morgan fingerprint density at radius 3 is 2.54 bits per heavy atom. The zero-order valence-corrected chi connectivity index (χ0v) is 7.51. The topological polar surface area (TPSA) is 72.2 Å². The summed E-state index contributed by atoms with van der Waals surface area (Å²) < 4.78 is 0. The summed E-state index contributed by atoms with van der Waals surface area (Å²) in [5, 5.41) is 2.58. The summed E-state index contributed by atoms with van der Waals surface area (Å²) in [5.41, 5.74) is 5.34. The fourth-order valence-corrected chi connectivity index (χ4v) is 0.709. The second-order valence-electron chi connectivity index (χ2n) is 2.57. The highest BCUT2D eigenvalue weighted by molar-refractivity contribution is 5.91. The van der Waals surface area contributed by atoms with Gasteiger partial charge in [0.1, 0.15) is 0 Å². The molecule has 72 valence electrons. The SMILES string of the molecule is C=CC(=O)NCCCC(=C)C(N)=O. The van der Waals surface area contributed by atoms with Gasteiger partial charge in [-0.3, -0.25) is 9.59 Å². The van der Waals surface area contributed by atoms with Crippen molar-refractivity contribution in [2.24, 2.45) is 5.73 Å². The number of hydrogen-bond donors (Lipinski definition) is 2. The summed E-state index contributed by atoms with van der Waals surface area (Å²) in [6.07, 6.45) is 2.36. The molecule has 0 saturated carbocycles. The van der Waals surface area contributed by atoms with Crippen molar-refractivity contribution in [2.45, 2.75) is 12.8 Å². The first kappa shape index (κ1) is 11.4. The Bertz CT molecular complexity index is 234. The van der Waals surface area contributed by atoms with Crippen LogP contribution < -0.4 is 11.1 Å². The van der Waals surface area contributed by atoms with Gasteiger partial charge in [-0.05, 0) is 18.9 Å². The van der Waals surface area contributed by atoms with Crippen molar-refractivity contribution in [3.8, 4) is 0 Å². The van der Waals surface area contributed by atoms with Gasteiger partial charge in [0.05, 0.1) is 0 Å². The quantitative estimate of drug-likeness (QED) is 0.452. The number of hydrogen-bond acceptors (Lipinski definition) is 2. The first-order chi connectivity index (χ1) is 6.07. The van der Waals surface area contributed by atoms with E-state index in [0.717, 1.165) is 0 Å². The van der Waals surface area contributed by atoms with Gasteiger partial charge >= 0.3 is 0 Å². The smallest absolute Gasteiger partial charge is 0.244 e. The number of carbonyl (C=O) groups excluding carboxylic acids is 2. The zero-order valence-electron chi connectivity index (χ0n) is 7.51. The molecule has 0 fully saturated rings. The molecule has 0 bridgehead atoms. The largest absolute Gasteiger partial charge is 0.366 e. The molecule has 0 aromatic heterocycles. The van der Waals surface area contributed by atoms with Gasteiger partial charge in [0.25, 0.3) is 0 Å².